The van der Waals surface area contributed by atoms with Gasteiger partial charge in [-0.2, -0.15) is 5.26 Å². The van der Waals surface area contributed by atoms with Crippen LogP contribution < -0.4 is 5.73 Å². The van der Waals surface area contributed by atoms with Gasteiger partial charge in [0.2, 0.25) is 0 Å². The molecule has 0 amide bonds. The molecule has 0 aliphatic carbocycles. The molecule has 0 atom stereocenters. The van der Waals surface area contributed by atoms with E-state index >= 15 is 0 Å². The molecule has 0 spiro atoms. The van der Waals surface area contributed by atoms with E-state index in [1.165, 1.54) is 15.8 Å². The Bertz CT molecular complexity index is 664. The summed E-state index contributed by atoms with van der Waals surface area (Å²) in [4.78, 5) is 1.23. The lowest BCUT2D eigenvalue weighted by Gasteiger charge is -2.14. The second-order valence-electron chi connectivity index (χ2n) is 6.12. The molecule has 0 saturated heterocycles. The Morgan fingerprint density at radius 3 is 2.76 bits per heavy atom. The molecule has 0 bridgehead atoms. The average molecular weight is 301 g/mol. The normalized spacial score (nSPS) is 11.7. The Hall–Kier alpha value is -1.60. The van der Waals surface area contributed by atoms with E-state index in [9.17, 15) is 0 Å². The van der Waals surface area contributed by atoms with Crippen molar-refractivity contribution in [3.8, 4) is 6.07 Å². The van der Waals surface area contributed by atoms with Crippen LogP contribution in [0.3, 0.4) is 0 Å². The van der Waals surface area contributed by atoms with Crippen LogP contribution in [0.4, 0.5) is 5.69 Å². The number of nitrogens with zero attached hydrogens (tertiary/aromatic N) is 2. The highest BCUT2D eigenvalue weighted by Gasteiger charge is 2.15. The third kappa shape index (κ3) is 3.74. The van der Waals surface area contributed by atoms with Gasteiger partial charge >= 0.3 is 0 Å². The van der Waals surface area contributed by atoms with Crippen molar-refractivity contribution in [3.05, 3.63) is 24.4 Å². The van der Waals surface area contributed by atoms with Crippen molar-refractivity contribution in [1.29, 1.82) is 5.26 Å². The van der Waals surface area contributed by atoms with E-state index in [0.29, 0.717) is 0 Å². The van der Waals surface area contributed by atoms with Crippen LogP contribution in [-0.4, -0.2) is 10.8 Å². The van der Waals surface area contributed by atoms with E-state index in [4.69, 9.17) is 11.0 Å². The van der Waals surface area contributed by atoms with Crippen LogP contribution in [0.15, 0.2) is 29.3 Å². The van der Waals surface area contributed by atoms with E-state index < -0.39 is 0 Å². The molecule has 1 heterocycles. The molecule has 0 unspecified atom stereocenters. The summed E-state index contributed by atoms with van der Waals surface area (Å²) in [7, 11) is 0. The predicted octanol–water partition coefficient (Wildman–Crippen LogP) is 4.67. The fourth-order valence-electron chi connectivity index (χ4n) is 2.55. The first-order chi connectivity index (χ1) is 9.96. The van der Waals surface area contributed by atoms with Crippen LogP contribution >= 0.6 is 11.8 Å². The number of benzene rings is 1. The number of rotatable bonds is 6. The largest absolute Gasteiger partial charge is 0.399 e. The van der Waals surface area contributed by atoms with Gasteiger partial charge < -0.3 is 10.3 Å². The van der Waals surface area contributed by atoms with Crippen molar-refractivity contribution in [2.24, 2.45) is 5.41 Å². The zero-order valence-electron chi connectivity index (χ0n) is 13.0. The molecule has 1 aromatic carbocycles. The maximum Gasteiger partial charge on any atom is 0.0683 e. The van der Waals surface area contributed by atoms with Crippen molar-refractivity contribution < 1.29 is 0 Å². The molecule has 0 saturated carbocycles. The molecule has 0 aliphatic heterocycles. The first kappa shape index (κ1) is 15.8. The Kier molecular flexibility index (Phi) is 4.84. The molecule has 0 radical (unpaired) electrons. The Labute approximate surface area is 131 Å². The predicted molar refractivity (Wildman–Crippen MR) is 91.4 cm³/mol. The van der Waals surface area contributed by atoms with E-state index in [1.807, 2.05) is 26.0 Å². The second kappa shape index (κ2) is 6.44. The van der Waals surface area contributed by atoms with Gasteiger partial charge in [0.05, 0.1) is 17.0 Å². The van der Waals surface area contributed by atoms with E-state index in [-0.39, 0.29) is 5.41 Å². The molecule has 0 fully saturated rings. The van der Waals surface area contributed by atoms with Gasteiger partial charge in [0.1, 0.15) is 0 Å². The molecular formula is C17H23N3S. The topological polar surface area (TPSA) is 54.7 Å². The minimum Gasteiger partial charge on any atom is -0.399 e. The fourth-order valence-corrected chi connectivity index (χ4v) is 3.20. The van der Waals surface area contributed by atoms with Crippen molar-refractivity contribution in [2.45, 2.75) is 44.6 Å². The van der Waals surface area contributed by atoms with Crippen LogP contribution in [0.25, 0.3) is 10.9 Å². The number of aromatic nitrogens is 1. The zero-order valence-corrected chi connectivity index (χ0v) is 13.8. The standard InChI is InChI=1S/C17H23N3S/c1-17(2,12-18)7-4-5-8-20-9-6-14-15(20)10-13(19)11-16(14)21-3/h6,9-11H,4-5,7-8,19H2,1-3H3. The summed E-state index contributed by atoms with van der Waals surface area (Å²) in [6.07, 6.45) is 7.31. The maximum atomic E-state index is 9.04. The molecule has 0 aliphatic rings. The smallest absolute Gasteiger partial charge is 0.0683 e. The van der Waals surface area contributed by atoms with Gasteiger partial charge in [-0.15, -0.1) is 11.8 Å². The Morgan fingerprint density at radius 1 is 1.33 bits per heavy atom. The average Bonchev–Trinajstić information content (AvgIpc) is 2.85. The molecule has 4 heteroatoms. The van der Waals surface area contributed by atoms with Gasteiger partial charge in [-0.05, 0) is 51.1 Å². The first-order valence-electron chi connectivity index (χ1n) is 7.30. The molecule has 1 aromatic heterocycles. The van der Waals surface area contributed by atoms with Crippen LogP contribution in [0.1, 0.15) is 33.1 Å². The summed E-state index contributed by atoms with van der Waals surface area (Å²) in [6.45, 7) is 4.98. The van der Waals surface area contributed by atoms with Gasteiger partial charge in [-0.1, -0.05) is 6.42 Å². The summed E-state index contributed by atoms with van der Waals surface area (Å²) >= 11 is 1.73. The van der Waals surface area contributed by atoms with Crippen molar-refractivity contribution in [2.75, 3.05) is 12.0 Å². The lowest BCUT2D eigenvalue weighted by Crippen LogP contribution is -2.08. The van der Waals surface area contributed by atoms with Crippen LogP contribution in [0, 0.1) is 16.7 Å². The summed E-state index contributed by atoms with van der Waals surface area (Å²) in [5.41, 5.74) is 7.81. The number of nitriles is 1. The molecule has 2 rings (SSSR count). The maximum absolute atomic E-state index is 9.04. The van der Waals surface area contributed by atoms with Gasteiger partial charge in [0.25, 0.3) is 0 Å². The van der Waals surface area contributed by atoms with Gasteiger partial charge in [0.15, 0.2) is 0 Å². The Balaban J connectivity index is 2.07. The third-order valence-corrected chi connectivity index (χ3v) is 4.62. The molecule has 21 heavy (non-hydrogen) atoms. The van der Waals surface area contributed by atoms with Crippen molar-refractivity contribution >= 4 is 28.4 Å². The SMILES string of the molecule is CSc1cc(N)cc2c1ccn2CCCCC(C)(C)C#N. The highest BCUT2D eigenvalue weighted by Crippen LogP contribution is 2.30. The Morgan fingerprint density at radius 2 is 2.10 bits per heavy atom. The number of anilines is 1. The number of fused-ring (bicyclic) bond motifs is 1. The number of nitrogen functional groups attached to an aromatic ring is 1. The van der Waals surface area contributed by atoms with Crippen molar-refractivity contribution in [3.63, 3.8) is 0 Å². The summed E-state index contributed by atoms with van der Waals surface area (Å²) in [5, 5.41) is 10.3. The first-order valence-corrected chi connectivity index (χ1v) is 8.53. The fraction of sp³-hybridized carbons (Fsp3) is 0.471. The summed E-state index contributed by atoms with van der Waals surface area (Å²) in [5.74, 6) is 0. The van der Waals surface area contributed by atoms with E-state index in [0.717, 1.165) is 31.5 Å². The summed E-state index contributed by atoms with van der Waals surface area (Å²) < 4.78 is 2.27. The lowest BCUT2D eigenvalue weighted by atomic mass is 9.89. The van der Waals surface area contributed by atoms with Gasteiger partial charge in [-0.25, -0.2) is 0 Å². The van der Waals surface area contributed by atoms with Gasteiger partial charge in [0, 0.05) is 28.7 Å². The lowest BCUT2D eigenvalue weighted by molar-refractivity contribution is 0.418. The minimum absolute atomic E-state index is 0.213. The monoisotopic (exact) mass is 301 g/mol. The number of aryl methyl sites for hydroxylation is 1. The third-order valence-electron chi connectivity index (χ3n) is 3.85. The number of hydrogen-bond donors (Lipinski definition) is 1. The number of nitrogens with two attached hydrogens (primary N) is 1. The summed E-state index contributed by atoms with van der Waals surface area (Å²) in [6, 6.07) is 8.61. The molecule has 3 nitrogen and oxygen atoms in total. The van der Waals surface area contributed by atoms with Crippen LogP contribution in [-0.2, 0) is 6.54 Å². The van der Waals surface area contributed by atoms with E-state index in [1.54, 1.807) is 11.8 Å². The minimum atomic E-state index is -0.213. The van der Waals surface area contributed by atoms with Crippen molar-refractivity contribution in [1.82, 2.24) is 4.57 Å². The van der Waals surface area contributed by atoms with Crippen LogP contribution in [0.5, 0.6) is 0 Å². The van der Waals surface area contributed by atoms with E-state index in [2.05, 4.69) is 29.2 Å². The second-order valence-corrected chi connectivity index (χ2v) is 6.97. The zero-order chi connectivity index (χ0) is 15.5. The van der Waals surface area contributed by atoms with Gasteiger partial charge in [-0.3, -0.25) is 0 Å². The highest BCUT2D eigenvalue weighted by molar-refractivity contribution is 7.98. The molecular weight excluding hydrogens is 278 g/mol. The number of thioether (sulfide) groups is 1. The molecule has 2 N–H and O–H groups in total. The molecule has 112 valence electrons. The van der Waals surface area contributed by atoms with Crippen LogP contribution in [0.2, 0.25) is 0 Å². The number of hydrogen-bond acceptors (Lipinski definition) is 3. The molecule has 2 aromatic rings. The highest BCUT2D eigenvalue weighted by atomic mass is 32.2. The number of unbranched alkanes of at least 4 members (excludes halogenated alkanes) is 1. The quantitative estimate of drug-likeness (QED) is 0.479.